The molecule has 0 aromatic carbocycles. The van der Waals surface area contributed by atoms with Crippen molar-refractivity contribution in [3.63, 3.8) is 0 Å². The van der Waals surface area contributed by atoms with Crippen LogP contribution in [0.25, 0.3) is 0 Å². The molecule has 0 radical (unpaired) electrons. The molecule has 1 heterocycles. The Bertz CT molecular complexity index is 803. The number of esters is 4. The van der Waals surface area contributed by atoms with Gasteiger partial charge in [-0.2, -0.15) is 0 Å². The summed E-state index contributed by atoms with van der Waals surface area (Å²) in [6, 6.07) is 0. The SMILES string of the molecule is CC(=O)O[C@H]1O[C@H](CCS(=N)(=O)CCCCCCl)[C@@H](OC(C)=O)[C@H](OC(C)=O)[C@@H]1OC(C)=O. The van der Waals surface area contributed by atoms with Crippen molar-refractivity contribution in [2.24, 2.45) is 0 Å². The van der Waals surface area contributed by atoms with Crippen LogP contribution in [0.4, 0.5) is 0 Å². The molecule has 1 unspecified atom stereocenters. The molecule has 0 amide bonds. The summed E-state index contributed by atoms with van der Waals surface area (Å²) in [5, 5.41) is 0. The zero-order valence-electron chi connectivity index (χ0n) is 19.2. The molecule has 0 aliphatic carbocycles. The molecule has 1 aliphatic heterocycles. The Hall–Kier alpha value is -1.92. The summed E-state index contributed by atoms with van der Waals surface area (Å²) < 4.78 is 47.5. The zero-order valence-corrected chi connectivity index (χ0v) is 20.8. The topological polar surface area (TPSA) is 155 Å². The molecule has 6 atom stereocenters. The quantitative estimate of drug-likeness (QED) is 0.177. The van der Waals surface area contributed by atoms with Crippen LogP contribution in [0.1, 0.15) is 53.4 Å². The molecule has 0 aromatic rings. The summed E-state index contributed by atoms with van der Waals surface area (Å²) in [6.45, 7) is 4.45. The number of unbranched alkanes of at least 4 members (excludes halogenated alkanes) is 2. The van der Waals surface area contributed by atoms with Gasteiger partial charge in [-0.05, 0) is 19.3 Å². The van der Waals surface area contributed by atoms with Crippen molar-refractivity contribution in [2.75, 3.05) is 17.4 Å². The van der Waals surface area contributed by atoms with Gasteiger partial charge in [-0.25, -0.2) is 4.21 Å². The van der Waals surface area contributed by atoms with E-state index in [1.165, 1.54) is 0 Å². The van der Waals surface area contributed by atoms with E-state index in [2.05, 4.69) is 0 Å². The summed E-state index contributed by atoms with van der Waals surface area (Å²) in [6.07, 6.45) is -4.52. The first kappa shape index (κ1) is 29.1. The molecule has 1 fully saturated rings. The van der Waals surface area contributed by atoms with Crippen molar-refractivity contribution in [2.45, 2.75) is 84.1 Å². The van der Waals surface area contributed by atoms with Crippen LogP contribution in [0, 0.1) is 4.78 Å². The number of carbonyl (C=O) groups is 4. The molecule has 33 heavy (non-hydrogen) atoms. The van der Waals surface area contributed by atoms with E-state index in [1.54, 1.807) is 0 Å². The first-order valence-electron chi connectivity index (χ1n) is 10.5. The highest BCUT2D eigenvalue weighted by Crippen LogP contribution is 2.31. The number of alkyl halides is 1. The van der Waals surface area contributed by atoms with E-state index in [1.807, 2.05) is 0 Å². The van der Waals surface area contributed by atoms with Crippen molar-refractivity contribution in [1.82, 2.24) is 0 Å². The van der Waals surface area contributed by atoms with Gasteiger partial charge >= 0.3 is 23.9 Å². The Morgan fingerprint density at radius 3 is 1.82 bits per heavy atom. The van der Waals surface area contributed by atoms with Crippen LogP contribution in [0.3, 0.4) is 0 Å². The second kappa shape index (κ2) is 13.7. The Morgan fingerprint density at radius 1 is 0.788 bits per heavy atom. The Balaban J connectivity index is 3.18. The molecule has 0 bridgehead atoms. The lowest BCUT2D eigenvalue weighted by Gasteiger charge is -2.44. The summed E-state index contributed by atoms with van der Waals surface area (Å²) in [5.41, 5.74) is 0. The second-order valence-electron chi connectivity index (χ2n) is 7.63. The second-order valence-corrected chi connectivity index (χ2v) is 10.5. The highest BCUT2D eigenvalue weighted by molar-refractivity contribution is 7.92. The maximum absolute atomic E-state index is 12.7. The monoisotopic (exact) mass is 513 g/mol. The van der Waals surface area contributed by atoms with Crippen LogP contribution in [-0.2, 0) is 52.6 Å². The maximum Gasteiger partial charge on any atom is 0.305 e. The molecule has 11 nitrogen and oxygen atoms in total. The number of ether oxygens (including phenoxy) is 5. The van der Waals surface area contributed by atoms with Crippen molar-refractivity contribution >= 4 is 45.2 Å². The number of carbonyl (C=O) groups excluding carboxylic acids is 4. The summed E-state index contributed by atoms with van der Waals surface area (Å²) in [5.74, 6) is -2.49. The maximum atomic E-state index is 12.7. The van der Waals surface area contributed by atoms with Gasteiger partial charge in [-0.1, -0.05) is 6.42 Å². The average molecular weight is 514 g/mol. The van der Waals surface area contributed by atoms with E-state index >= 15 is 0 Å². The van der Waals surface area contributed by atoms with E-state index in [0.29, 0.717) is 12.3 Å². The van der Waals surface area contributed by atoms with E-state index in [9.17, 15) is 23.4 Å². The zero-order chi connectivity index (χ0) is 25.2. The summed E-state index contributed by atoms with van der Waals surface area (Å²) in [7, 11) is -2.99. The van der Waals surface area contributed by atoms with Crippen molar-refractivity contribution < 1.29 is 47.1 Å². The van der Waals surface area contributed by atoms with Gasteiger partial charge < -0.3 is 23.7 Å². The third-order valence-corrected chi connectivity index (χ3v) is 6.73. The van der Waals surface area contributed by atoms with Gasteiger partial charge in [-0.15, -0.1) is 11.6 Å². The average Bonchev–Trinajstić information content (AvgIpc) is 2.67. The molecule has 190 valence electrons. The minimum Gasteiger partial charge on any atom is -0.456 e. The molecule has 0 spiro atoms. The summed E-state index contributed by atoms with van der Waals surface area (Å²) in [4.78, 5) is 46.8. The molecule has 0 saturated carbocycles. The molecule has 1 aliphatic rings. The van der Waals surface area contributed by atoms with Crippen molar-refractivity contribution in [1.29, 1.82) is 4.78 Å². The fourth-order valence-electron chi connectivity index (χ4n) is 3.36. The van der Waals surface area contributed by atoms with Crippen LogP contribution >= 0.6 is 11.6 Å². The highest BCUT2D eigenvalue weighted by Gasteiger charge is 2.53. The molecule has 1 rings (SSSR count). The molecular formula is C20H32ClNO10S. The first-order chi connectivity index (χ1) is 15.4. The molecule has 0 aromatic heterocycles. The minimum atomic E-state index is -2.99. The predicted molar refractivity (Wildman–Crippen MR) is 117 cm³/mol. The number of halogens is 1. The lowest BCUT2D eigenvalue weighted by atomic mass is 9.96. The molecule has 13 heteroatoms. The van der Waals surface area contributed by atoms with Gasteiger partial charge in [0.25, 0.3) is 0 Å². The third-order valence-electron chi connectivity index (χ3n) is 4.62. The fraction of sp³-hybridized carbons (Fsp3) is 0.800. The number of hydrogen-bond donors (Lipinski definition) is 1. The normalized spacial score (nSPS) is 26.5. The van der Waals surface area contributed by atoms with Crippen LogP contribution in [0.2, 0.25) is 0 Å². The van der Waals surface area contributed by atoms with Gasteiger partial charge in [0.2, 0.25) is 12.4 Å². The van der Waals surface area contributed by atoms with E-state index in [-0.39, 0.29) is 17.9 Å². The molecule has 1 saturated heterocycles. The Morgan fingerprint density at radius 2 is 1.30 bits per heavy atom. The molecule has 1 N–H and O–H groups in total. The smallest absolute Gasteiger partial charge is 0.305 e. The standard InChI is InChI=1S/C20H32ClNO10S/c1-12(23)28-17-16(8-11-33(22,27)10-7-5-6-9-21)32-20(31-15(4)26)19(30-14(3)25)18(17)29-13(2)24/h16-20,22H,5-11H2,1-4H3/t16-,17-,18+,19+,20+,33?/m1/s1. The van der Waals surface area contributed by atoms with Gasteiger partial charge in [0, 0.05) is 54.8 Å². The van der Waals surface area contributed by atoms with Gasteiger partial charge in [0.05, 0.1) is 0 Å². The lowest BCUT2D eigenvalue weighted by Crippen LogP contribution is -2.62. The minimum absolute atomic E-state index is 0.0297. The van der Waals surface area contributed by atoms with Crippen molar-refractivity contribution in [3.05, 3.63) is 0 Å². The van der Waals surface area contributed by atoms with Crippen LogP contribution in [-0.4, -0.2) is 76.2 Å². The van der Waals surface area contributed by atoms with Crippen LogP contribution in [0.15, 0.2) is 0 Å². The number of rotatable bonds is 12. The van der Waals surface area contributed by atoms with Gasteiger partial charge in [0.1, 0.15) is 6.10 Å². The van der Waals surface area contributed by atoms with Gasteiger partial charge in [0.15, 0.2) is 12.2 Å². The first-order valence-corrected chi connectivity index (χ1v) is 12.9. The van der Waals surface area contributed by atoms with Crippen LogP contribution in [0.5, 0.6) is 0 Å². The molecular weight excluding hydrogens is 482 g/mol. The highest BCUT2D eigenvalue weighted by atomic mass is 35.5. The Labute approximate surface area is 198 Å². The predicted octanol–water partition coefficient (Wildman–Crippen LogP) is 1.92. The lowest BCUT2D eigenvalue weighted by molar-refractivity contribution is -0.295. The number of hydrogen-bond acceptors (Lipinski definition) is 11. The van der Waals surface area contributed by atoms with Crippen molar-refractivity contribution in [3.8, 4) is 0 Å². The third kappa shape index (κ3) is 10.7. The largest absolute Gasteiger partial charge is 0.456 e. The van der Waals surface area contributed by atoms with Gasteiger partial charge in [-0.3, -0.25) is 24.0 Å². The van der Waals surface area contributed by atoms with Crippen LogP contribution < -0.4 is 0 Å². The Kier molecular flexibility index (Phi) is 12.1. The van der Waals surface area contributed by atoms with E-state index < -0.39 is 64.3 Å². The summed E-state index contributed by atoms with van der Waals surface area (Å²) >= 11 is 5.64. The van der Waals surface area contributed by atoms with E-state index in [4.69, 9.17) is 40.1 Å². The fourth-order valence-corrected chi connectivity index (χ4v) is 5.04. The van der Waals surface area contributed by atoms with E-state index in [0.717, 1.165) is 40.5 Å². The number of nitrogens with one attached hydrogen (secondary N) is 1.